The maximum absolute atomic E-state index is 11.7. The standard InChI is InChI=1S/C10H10N2O4/c1-3-5-4-6(13)16-9-7(5)8(14)11-10(12-9)15-2/h4H,3H2,1-2H3,(H,11,12,14). The molecule has 0 fully saturated rings. The smallest absolute Gasteiger partial charge is 0.337 e. The van der Waals surface area contributed by atoms with E-state index in [1.165, 1.54) is 13.2 Å². The van der Waals surface area contributed by atoms with Gasteiger partial charge in [-0.15, -0.1) is 0 Å². The van der Waals surface area contributed by atoms with Crippen LogP contribution in [0, 0.1) is 0 Å². The zero-order valence-corrected chi connectivity index (χ0v) is 8.86. The van der Waals surface area contributed by atoms with Crippen LogP contribution in [0.25, 0.3) is 11.1 Å². The van der Waals surface area contributed by atoms with Crippen LogP contribution in [0.15, 0.2) is 20.1 Å². The van der Waals surface area contributed by atoms with Gasteiger partial charge in [-0.1, -0.05) is 6.92 Å². The van der Waals surface area contributed by atoms with E-state index >= 15 is 0 Å². The molecular formula is C10H10N2O4. The van der Waals surface area contributed by atoms with Gasteiger partial charge in [0, 0.05) is 6.07 Å². The molecular weight excluding hydrogens is 212 g/mol. The number of hydrogen-bond donors (Lipinski definition) is 1. The van der Waals surface area contributed by atoms with Gasteiger partial charge in [0.1, 0.15) is 5.39 Å². The number of fused-ring (bicyclic) bond motifs is 1. The van der Waals surface area contributed by atoms with Gasteiger partial charge in [-0.25, -0.2) is 4.79 Å². The van der Waals surface area contributed by atoms with Crippen molar-refractivity contribution >= 4 is 11.1 Å². The summed E-state index contributed by atoms with van der Waals surface area (Å²) >= 11 is 0. The number of nitrogens with zero attached hydrogens (tertiary/aromatic N) is 1. The molecule has 2 aromatic rings. The fraction of sp³-hybridized carbons (Fsp3) is 0.300. The summed E-state index contributed by atoms with van der Waals surface area (Å²) in [5.41, 5.74) is -0.278. The van der Waals surface area contributed by atoms with E-state index in [0.29, 0.717) is 17.4 Å². The Morgan fingerprint density at radius 1 is 1.50 bits per heavy atom. The Bertz CT molecular complexity index is 641. The molecule has 0 unspecified atom stereocenters. The number of aryl methyl sites for hydroxylation is 1. The van der Waals surface area contributed by atoms with Gasteiger partial charge in [0.15, 0.2) is 0 Å². The largest absolute Gasteiger partial charge is 0.468 e. The SMILES string of the molecule is CCc1cc(=O)oc2nc(OC)[nH]c(=O)c12. The Labute approximate surface area is 89.9 Å². The van der Waals surface area contributed by atoms with Crippen LogP contribution in [-0.4, -0.2) is 17.1 Å². The molecule has 0 atom stereocenters. The predicted octanol–water partition coefficient (Wildman–Crippen LogP) is 0.447. The van der Waals surface area contributed by atoms with Gasteiger partial charge in [0.05, 0.1) is 7.11 Å². The van der Waals surface area contributed by atoms with E-state index in [-0.39, 0.29) is 17.3 Å². The Hall–Kier alpha value is -2.11. The normalized spacial score (nSPS) is 10.6. The lowest BCUT2D eigenvalue weighted by atomic mass is 10.1. The minimum atomic E-state index is -0.524. The third-order valence-corrected chi connectivity index (χ3v) is 2.25. The lowest BCUT2D eigenvalue weighted by molar-refractivity contribution is 0.376. The molecule has 0 spiro atoms. The summed E-state index contributed by atoms with van der Waals surface area (Å²) in [5, 5.41) is 0.294. The van der Waals surface area contributed by atoms with Crippen molar-refractivity contribution in [2.75, 3.05) is 7.11 Å². The van der Waals surface area contributed by atoms with Crippen molar-refractivity contribution < 1.29 is 9.15 Å². The van der Waals surface area contributed by atoms with E-state index < -0.39 is 5.63 Å². The molecule has 2 aromatic heterocycles. The van der Waals surface area contributed by atoms with E-state index in [1.54, 1.807) is 0 Å². The first-order chi connectivity index (χ1) is 7.65. The Kier molecular flexibility index (Phi) is 2.47. The average Bonchev–Trinajstić information content (AvgIpc) is 2.26. The summed E-state index contributed by atoms with van der Waals surface area (Å²) in [6.07, 6.45) is 0.555. The molecule has 6 heteroatoms. The molecule has 0 amide bonds. The molecule has 6 nitrogen and oxygen atoms in total. The maximum atomic E-state index is 11.7. The van der Waals surface area contributed by atoms with Crippen LogP contribution in [-0.2, 0) is 6.42 Å². The van der Waals surface area contributed by atoms with Crippen LogP contribution >= 0.6 is 0 Å². The van der Waals surface area contributed by atoms with Crippen LogP contribution < -0.4 is 15.9 Å². The first kappa shape index (κ1) is 10.4. The van der Waals surface area contributed by atoms with E-state index in [4.69, 9.17) is 9.15 Å². The summed E-state index contributed by atoms with van der Waals surface area (Å²) in [5.74, 6) is 0. The van der Waals surface area contributed by atoms with Gasteiger partial charge in [0.25, 0.3) is 11.6 Å². The number of ether oxygens (including phenoxy) is 1. The molecule has 0 saturated heterocycles. The average molecular weight is 222 g/mol. The van der Waals surface area contributed by atoms with Crippen LogP contribution in [0.4, 0.5) is 0 Å². The fourth-order valence-electron chi connectivity index (χ4n) is 1.50. The fourth-order valence-corrected chi connectivity index (χ4v) is 1.50. The summed E-state index contributed by atoms with van der Waals surface area (Å²) in [7, 11) is 1.37. The van der Waals surface area contributed by atoms with Gasteiger partial charge in [-0.05, 0) is 12.0 Å². The van der Waals surface area contributed by atoms with Crippen molar-refractivity contribution in [3.63, 3.8) is 0 Å². The lowest BCUT2D eigenvalue weighted by Crippen LogP contribution is -2.14. The van der Waals surface area contributed by atoms with Gasteiger partial charge in [0.2, 0.25) is 5.71 Å². The molecule has 0 bridgehead atoms. The first-order valence-electron chi connectivity index (χ1n) is 4.76. The van der Waals surface area contributed by atoms with Gasteiger partial charge in [-0.2, -0.15) is 4.98 Å². The molecule has 16 heavy (non-hydrogen) atoms. The Morgan fingerprint density at radius 2 is 2.25 bits per heavy atom. The third kappa shape index (κ3) is 1.58. The number of methoxy groups -OCH3 is 1. The second-order valence-corrected chi connectivity index (χ2v) is 3.20. The molecule has 0 aliphatic carbocycles. The number of hydrogen-bond acceptors (Lipinski definition) is 5. The van der Waals surface area contributed by atoms with Crippen LogP contribution in [0.5, 0.6) is 6.01 Å². The summed E-state index contributed by atoms with van der Waals surface area (Å²) in [6, 6.07) is 1.32. The molecule has 2 rings (SSSR count). The highest BCUT2D eigenvalue weighted by Gasteiger charge is 2.11. The number of aromatic nitrogens is 2. The first-order valence-corrected chi connectivity index (χ1v) is 4.76. The highest BCUT2D eigenvalue weighted by Crippen LogP contribution is 2.12. The molecule has 0 radical (unpaired) electrons. The quantitative estimate of drug-likeness (QED) is 0.797. The summed E-state index contributed by atoms with van der Waals surface area (Å²) in [4.78, 5) is 29.2. The van der Waals surface area contributed by atoms with Crippen LogP contribution in [0.1, 0.15) is 12.5 Å². The van der Waals surface area contributed by atoms with Crippen molar-refractivity contribution in [1.29, 1.82) is 0 Å². The summed E-state index contributed by atoms with van der Waals surface area (Å²) in [6.45, 7) is 1.85. The number of nitrogens with one attached hydrogen (secondary N) is 1. The van der Waals surface area contributed by atoms with Gasteiger partial charge in [-0.3, -0.25) is 9.78 Å². The monoisotopic (exact) mass is 222 g/mol. The van der Waals surface area contributed by atoms with Crippen molar-refractivity contribution in [3.8, 4) is 6.01 Å². The van der Waals surface area contributed by atoms with E-state index in [0.717, 1.165) is 0 Å². The minimum absolute atomic E-state index is 0.00458. The van der Waals surface area contributed by atoms with Crippen molar-refractivity contribution in [3.05, 3.63) is 32.4 Å². The van der Waals surface area contributed by atoms with Gasteiger partial charge >= 0.3 is 5.63 Å². The second kappa shape index (κ2) is 3.80. The molecule has 0 aromatic carbocycles. The minimum Gasteiger partial charge on any atom is -0.468 e. The number of rotatable bonds is 2. The predicted molar refractivity (Wildman–Crippen MR) is 56.8 cm³/mol. The zero-order chi connectivity index (χ0) is 11.7. The van der Waals surface area contributed by atoms with Crippen molar-refractivity contribution in [2.45, 2.75) is 13.3 Å². The Balaban J connectivity index is 2.94. The van der Waals surface area contributed by atoms with Crippen molar-refractivity contribution in [1.82, 2.24) is 9.97 Å². The number of aromatic amines is 1. The van der Waals surface area contributed by atoms with Crippen molar-refractivity contribution in [2.24, 2.45) is 0 Å². The second-order valence-electron chi connectivity index (χ2n) is 3.20. The molecule has 0 saturated carbocycles. The molecule has 84 valence electrons. The zero-order valence-electron chi connectivity index (χ0n) is 8.86. The van der Waals surface area contributed by atoms with Gasteiger partial charge < -0.3 is 9.15 Å². The molecule has 0 aliphatic rings. The number of H-pyrrole nitrogens is 1. The van der Waals surface area contributed by atoms with E-state index in [9.17, 15) is 9.59 Å². The Morgan fingerprint density at radius 3 is 2.88 bits per heavy atom. The van der Waals surface area contributed by atoms with Crippen LogP contribution in [0.2, 0.25) is 0 Å². The van der Waals surface area contributed by atoms with E-state index in [2.05, 4.69) is 9.97 Å². The topological polar surface area (TPSA) is 85.2 Å². The third-order valence-electron chi connectivity index (χ3n) is 2.25. The highest BCUT2D eigenvalue weighted by atomic mass is 16.5. The maximum Gasteiger partial charge on any atom is 0.337 e. The van der Waals surface area contributed by atoms with Crippen LogP contribution in [0.3, 0.4) is 0 Å². The lowest BCUT2D eigenvalue weighted by Gasteiger charge is -2.02. The molecule has 0 aliphatic heterocycles. The highest BCUT2D eigenvalue weighted by molar-refractivity contribution is 5.75. The molecule has 1 N–H and O–H groups in total. The summed E-state index contributed by atoms with van der Waals surface area (Å²) < 4.78 is 9.65. The van der Waals surface area contributed by atoms with E-state index in [1.807, 2.05) is 6.92 Å². The molecule has 2 heterocycles.